The predicted molar refractivity (Wildman–Crippen MR) is 84.9 cm³/mol. The highest BCUT2D eigenvalue weighted by molar-refractivity contribution is 5.89. The minimum Gasteiger partial charge on any atom is -0.452 e. The highest BCUT2D eigenvalue weighted by Crippen LogP contribution is 2.16. The maximum atomic E-state index is 13.0. The first kappa shape index (κ1) is 17.7. The standard InChI is InChI=1S/C17H19FN2O4/c18-14-5-1-3-12(9-14)6-7-16(22)24-11-15(21)20-8-2-4-13(10-20)17(19)23/h1,3,5-7,9,13H,2,4,8,10-11H2,(H2,19,23)/b7-6+/t13-/m1/s1. The van der Waals surface area contributed by atoms with Crippen molar-refractivity contribution in [2.45, 2.75) is 12.8 Å². The number of piperidine rings is 1. The van der Waals surface area contributed by atoms with E-state index in [1.807, 2.05) is 0 Å². The second kappa shape index (κ2) is 8.24. The van der Waals surface area contributed by atoms with Crippen molar-refractivity contribution in [3.8, 4) is 0 Å². The predicted octanol–water partition coefficient (Wildman–Crippen LogP) is 1.11. The molecular weight excluding hydrogens is 315 g/mol. The highest BCUT2D eigenvalue weighted by Gasteiger charge is 2.27. The number of carbonyl (C=O) groups is 3. The van der Waals surface area contributed by atoms with E-state index < -0.39 is 24.3 Å². The fourth-order valence-corrected chi connectivity index (χ4v) is 2.48. The average molecular weight is 334 g/mol. The second-order valence-corrected chi connectivity index (χ2v) is 5.58. The van der Waals surface area contributed by atoms with Crippen LogP contribution in [0.4, 0.5) is 4.39 Å². The molecule has 24 heavy (non-hydrogen) atoms. The molecule has 0 radical (unpaired) electrons. The van der Waals surface area contributed by atoms with E-state index in [-0.39, 0.29) is 18.4 Å². The van der Waals surface area contributed by atoms with E-state index in [9.17, 15) is 18.8 Å². The van der Waals surface area contributed by atoms with Crippen molar-refractivity contribution in [2.24, 2.45) is 11.7 Å². The first-order chi connectivity index (χ1) is 11.5. The Labute approximate surface area is 139 Å². The molecule has 6 nitrogen and oxygen atoms in total. The highest BCUT2D eigenvalue weighted by atomic mass is 19.1. The van der Waals surface area contributed by atoms with Gasteiger partial charge in [-0.1, -0.05) is 12.1 Å². The molecule has 1 saturated heterocycles. The van der Waals surface area contributed by atoms with E-state index in [1.54, 1.807) is 6.07 Å². The summed E-state index contributed by atoms with van der Waals surface area (Å²) in [7, 11) is 0. The minimum atomic E-state index is -0.698. The van der Waals surface area contributed by atoms with Crippen molar-refractivity contribution >= 4 is 23.9 Å². The van der Waals surface area contributed by atoms with Crippen LogP contribution in [-0.4, -0.2) is 42.4 Å². The molecule has 1 aliphatic heterocycles. The van der Waals surface area contributed by atoms with Crippen molar-refractivity contribution in [3.63, 3.8) is 0 Å². The molecule has 1 heterocycles. The summed E-state index contributed by atoms with van der Waals surface area (Å²) in [4.78, 5) is 36.3. The lowest BCUT2D eigenvalue weighted by Crippen LogP contribution is -2.45. The number of hydrogen-bond acceptors (Lipinski definition) is 4. The largest absolute Gasteiger partial charge is 0.452 e. The van der Waals surface area contributed by atoms with E-state index in [2.05, 4.69) is 0 Å². The molecule has 0 saturated carbocycles. The van der Waals surface area contributed by atoms with E-state index in [0.717, 1.165) is 6.08 Å². The third kappa shape index (κ3) is 5.19. The lowest BCUT2D eigenvalue weighted by Gasteiger charge is -2.30. The summed E-state index contributed by atoms with van der Waals surface area (Å²) >= 11 is 0. The molecule has 2 N–H and O–H groups in total. The van der Waals surface area contributed by atoms with Crippen LogP contribution >= 0.6 is 0 Å². The zero-order chi connectivity index (χ0) is 17.5. The quantitative estimate of drug-likeness (QED) is 0.645. The number of ether oxygens (including phenoxy) is 1. The van der Waals surface area contributed by atoms with E-state index in [0.29, 0.717) is 24.9 Å². The fraction of sp³-hybridized carbons (Fsp3) is 0.353. The van der Waals surface area contributed by atoms with Gasteiger partial charge in [0.1, 0.15) is 5.82 Å². The Hall–Kier alpha value is -2.70. The van der Waals surface area contributed by atoms with Gasteiger partial charge in [-0.15, -0.1) is 0 Å². The Morgan fingerprint density at radius 3 is 2.88 bits per heavy atom. The van der Waals surface area contributed by atoms with Gasteiger partial charge < -0.3 is 15.4 Å². The van der Waals surface area contributed by atoms with Gasteiger partial charge in [0.2, 0.25) is 5.91 Å². The average Bonchev–Trinajstić information content (AvgIpc) is 2.58. The molecule has 2 amide bonds. The number of nitrogens with zero attached hydrogens (tertiary/aromatic N) is 1. The molecule has 0 unspecified atom stereocenters. The van der Waals surface area contributed by atoms with Crippen LogP contribution in [-0.2, 0) is 19.1 Å². The van der Waals surface area contributed by atoms with E-state index in [1.165, 1.54) is 29.2 Å². The number of amides is 2. The first-order valence-electron chi connectivity index (χ1n) is 7.63. The lowest BCUT2D eigenvalue weighted by atomic mass is 9.97. The third-order valence-corrected chi connectivity index (χ3v) is 3.77. The monoisotopic (exact) mass is 334 g/mol. The van der Waals surface area contributed by atoms with Crippen LogP contribution in [0.25, 0.3) is 6.08 Å². The number of primary amides is 1. The Kier molecular flexibility index (Phi) is 6.06. The lowest BCUT2D eigenvalue weighted by molar-refractivity contribution is -0.149. The van der Waals surface area contributed by atoms with Gasteiger partial charge in [0.05, 0.1) is 5.92 Å². The molecule has 0 spiro atoms. The molecule has 1 fully saturated rings. The molecule has 1 atom stereocenters. The Bertz CT molecular complexity index is 660. The SMILES string of the molecule is NC(=O)[C@@H]1CCCN(C(=O)COC(=O)/C=C/c2cccc(F)c2)C1. The number of nitrogens with two attached hydrogens (primary N) is 1. The second-order valence-electron chi connectivity index (χ2n) is 5.58. The number of esters is 1. The summed E-state index contributed by atoms with van der Waals surface area (Å²) in [6.07, 6.45) is 3.88. The van der Waals surface area contributed by atoms with Crippen LogP contribution in [0.5, 0.6) is 0 Å². The molecule has 7 heteroatoms. The summed E-state index contributed by atoms with van der Waals surface area (Å²) in [5.41, 5.74) is 5.77. The smallest absolute Gasteiger partial charge is 0.331 e. The van der Waals surface area contributed by atoms with Gasteiger partial charge in [0.25, 0.3) is 5.91 Å². The van der Waals surface area contributed by atoms with Gasteiger partial charge in [-0.25, -0.2) is 9.18 Å². The Morgan fingerprint density at radius 2 is 2.17 bits per heavy atom. The van der Waals surface area contributed by atoms with Crippen molar-refractivity contribution in [1.29, 1.82) is 0 Å². The summed E-state index contributed by atoms with van der Waals surface area (Å²) in [5, 5.41) is 0. The maximum Gasteiger partial charge on any atom is 0.331 e. The van der Waals surface area contributed by atoms with Crippen LogP contribution in [0.1, 0.15) is 18.4 Å². The molecule has 1 aliphatic rings. The molecule has 1 aromatic rings. The zero-order valence-electron chi connectivity index (χ0n) is 13.1. The first-order valence-corrected chi connectivity index (χ1v) is 7.63. The molecule has 0 aromatic heterocycles. The van der Waals surface area contributed by atoms with E-state index in [4.69, 9.17) is 10.5 Å². The van der Waals surface area contributed by atoms with Gasteiger partial charge in [-0.2, -0.15) is 0 Å². The van der Waals surface area contributed by atoms with Gasteiger partial charge in [0, 0.05) is 19.2 Å². The van der Waals surface area contributed by atoms with Crippen molar-refractivity contribution in [3.05, 3.63) is 41.7 Å². The summed E-state index contributed by atoms with van der Waals surface area (Å²) in [6, 6.07) is 5.73. The molecule has 0 aliphatic carbocycles. The zero-order valence-corrected chi connectivity index (χ0v) is 13.1. The number of hydrogen-bond donors (Lipinski definition) is 1. The van der Waals surface area contributed by atoms with Gasteiger partial charge in [-0.05, 0) is 36.6 Å². The van der Waals surface area contributed by atoms with E-state index >= 15 is 0 Å². The number of likely N-dealkylation sites (tertiary alicyclic amines) is 1. The van der Waals surface area contributed by atoms with Crippen LogP contribution in [0.2, 0.25) is 0 Å². The Balaban J connectivity index is 1.80. The van der Waals surface area contributed by atoms with Crippen LogP contribution < -0.4 is 5.73 Å². The van der Waals surface area contributed by atoms with Crippen molar-refractivity contribution in [1.82, 2.24) is 4.90 Å². The maximum absolute atomic E-state index is 13.0. The number of rotatable bonds is 5. The molecule has 1 aromatic carbocycles. The minimum absolute atomic E-state index is 0.255. The molecule has 128 valence electrons. The summed E-state index contributed by atoms with van der Waals surface area (Å²) in [6.45, 7) is 0.363. The molecular formula is C17H19FN2O4. The molecule has 0 bridgehead atoms. The van der Waals surface area contributed by atoms with Crippen molar-refractivity contribution in [2.75, 3.05) is 19.7 Å². The number of benzene rings is 1. The summed E-state index contributed by atoms with van der Waals surface area (Å²) < 4.78 is 17.9. The van der Waals surface area contributed by atoms with Crippen LogP contribution in [0.15, 0.2) is 30.3 Å². The molecule has 2 rings (SSSR count). The van der Waals surface area contributed by atoms with Crippen molar-refractivity contribution < 1.29 is 23.5 Å². The number of carbonyl (C=O) groups excluding carboxylic acids is 3. The van der Waals surface area contributed by atoms with Gasteiger partial charge in [0.15, 0.2) is 6.61 Å². The van der Waals surface area contributed by atoms with Crippen LogP contribution in [0, 0.1) is 11.7 Å². The van der Waals surface area contributed by atoms with Gasteiger partial charge >= 0.3 is 5.97 Å². The number of halogens is 1. The third-order valence-electron chi connectivity index (χ3n) is 3.77. The normalized spacial score (nSPS) is 17.7. The fourth-order valence-electron chi connectivity index (χ4n) is 2.48. The summed E-state index contributed by atoms with van der Waals surface area (Å²) in [5.74, 6) is -2.26. The topological polar surface area (TPSA) is 89.7 Å². The van der Waals surface area contributed by atoms with Gasteiger partial charge in [-0.3, -0.25) is 9.59 Å². The van der Waals surface area contributed by atoms with Crippen LogP contribution in [0.3, 0.4) is 0 Å². The Morgan fingerprint density at radius 1 is 1.38 bits per heavy atom.